The van der Waals surface area contributed by atoms with Gasteiger partial charge in [-0.05, 0) is 38.1 Å². The van der Waals surface area contributed by atoms with Crippen LogP contribution in [0.4, 0.5) is 5.69 Å². The van der Waals surface area contributed by atoms with Crippen LogP contribution in [0, 0.1) is 0 Å². The van der Waals surface area contributed by atoms with Crippen LogP contribution in [-0.4, -0.2) is 37.0 Å². The van der Waals surface area contributed by atoms with Crippen molar-refractivity contribution in [2.75, 3.05) is 31.5 Å². The summed E-state index contributed by atoms with van der Waals surface area (Å²) in [6.07, 6.45) is 3.88. The van der Waals surface area contributed by atoms with Crippen molar-refractivity contribution >= 4 is 17.2 Å². The Hall–Kier alpha value is -2.01. The monoisotopic (exact) mass is 284 g/mol. The van der Waals surface area contributed by atoms with Gasteiger partial charge in [-0.15, -0.1) is 0 Å². The Bertz CT molecular complexity index is 617. The second-order valence-electron chi connectivity index (χ2n) is 5.95. The lowest BCUT2D eigenvalue weighted by molar-refractivity contribution is 0.0938. The van der Waals surface area contributed by atoms with Crippen molar-refractivity contribution in [1.29, 1.82) is 0 Å². The van der Waals surface area contributed by atoms with E-state index >= 15 is 0 Å². The standard InChI is InChI=1S/C16H20N4O/c21-16-11-5-4-6-13-15(11)12(9-17-13)14(18-19-16)10-20-7-2-1-3-8-20/h4-6,17-18H,1-3,7-10H2,(H,19,21). The second kappa shape index (κ2) is 5.07. The Labute approximate surface area is 124 Å². The van der Waals surface area contributed by atoms with E-state index < -0.39 is 0 Å². The zero-order chi connectivity index (χ0) is 14.2. The third-order valence-corrected chi connectivity index (χ3v) is 4.59. The predicted molar refractivity (Wildman–Crippen MR) is 82.7 cm³/mol. The maximum absolute atomic E-state index is 12.2. The van der Waals surface area contributed by atoms with Gasteiger partial charge in [-0.3, -0.25) is 15.1 Å². The zero-order valence-electron chi connectivity index (χ0n) is 12.0. The Morgan fingerprint density at radius 2 is 1.95 bits per heavy atom. The first-order chi connectivity index (χ1) is 10.3. The molecule has 0 unspecified atom stereocenters. The number of hydrazine groups is 1. The molecule has 0 saturated carbocycles. The number of carbonyl (C=O) groups excluding carboxylic acids is 1. The van der Waals surface area contributed by atoms with Crippen LogP contribution < -0.4 is 16.2 Å². The Balaban J connectivity index is 1.71. The molecule has 5 nitrogen and oxygen atoms in total. The van der Waals surface area contributed by atoms with Crippen molar-refractivity contribution in [3.8, 4) is 0 Å². The van der Waals surface area contributed by atoms with E-state index in [0.29, 0.717) is 0 Å². The van der Waals surface area contributed by atoms with Gasteiger partial charge < -0.3 is 10.7 Å². The lowest BCUT2D eigenvalue weighted by atomic mass is 9.99. The van der Waals surface area contributed by atoms with Gasteiger partial charge in [0.05, 0.1) is 11.3 Å². The van der Waals surface area contributed by atoms with Crippen molar-refractivity contribution in [2.45, 2.75) is 19.3 Å². The number of hydrogen-bond donors (Lipinski definition) is 3. The summed E-state index contributed by atoms with van der Waals surface area (Å²) >= 11 is 0. The molecule has 0 aliphatic carbocycles. The van der Waals surface area contributed by atoms with E-state index in [1.54, 1.807) is 0 Å². The summed E-state index contributed by atoms with van der Waals surface area (Å²) < 4.78 is 0. The largest absolute Gasteiger partial charge is 0.380 e. The number of rotatable bonds is 2. The topological polar surface area (TPSA) is 56.4 Å². The van der Waals surface area contributed by atoms with Crippen LogP contribution in [0.2, 0.25) is 0 Å². The number of nitrogens with zero attached hydrogens (tertiary/aromatic N) is 1. The Kier molecular flexibility index (Phi) is 3.07. The van der Waals surface area contributed by atoms with Gasteiger partial charge in [-0.1, -0.05) is 12.5 Å². The van der Waals surface area contributed by atoms with Gasteiger partial charge in [0.15, 0.2) is 0 Å². The number of benzene rings is 1. The Morgan fingerprint density at radius 1 is 1.10 bits per heavy atom. The van der Waals surface area contributed by atoms with Crippen LogP contribution in [0.25, 0.3) is 5.57 Å². The van der Waals surface area contributed by atoms with Crippen LogP contribution in [0.15, 0.2) is 23.9 Å². The highest BCUT2D eigenvalue weighted by Crippen LogP contribution is 2.36. The van der Waals surface area contributed by atoms with Gasteiger partial charge in [0, 0.05) is 29.9 Å². The average molecular weight is 284 g/mol. The van der Waals surface area contributed by atoms with Crippen LogP contribution in [-0.2, 0) is 0 Å². The number of carbonyl (C=O) groups is 1. The van der Waals surface area contributed by atoms with E-state index in [1.165, 1.54) is 24.8 Å². The van der Waals surface area contributed by atoms with Crippen LogP contribution in [0.5, 0.6) is 0 Å². The molecule has 0 aromatic heterocycles. The number of hydrogen-bond acceptors (Lipinski definition) is 4. The first kappa shape index (κ1) is 12.7. The molecular formula is C16H20N4O. The van der Waals surface area contributed by atoms with Crippen molar-refractivity contribution in [2.24, 2.45) is 0 Å². The molecule has 1 amide bonds. The number of likely N-dealkylation sites (tertiary alicyclic amines) is 1. The molecule has 3 aliphatic rings. The minimum Gasteiger partial charge on any atom is -0.380 e. The van der Waals surface area contributed by atoms with Gasteiger partial charge in [-0.25, -0.2) is 0 Å². The quantitative estimate of drug-likeness (QED) is 0.771. The number of piperidine rings is 1. The maximum Gasteiger partial charge on any atom is 0.270 e. The average Bonchev–Trinajstić information content (AvgIpc) is 2.90. The van der Waals surface area contributed by atoms with Gasteiger partial charge >= 0.3 is 0 Å². The predicted octanol–water partition coefficient (Wildman–Crippen LogP) is 1.56. The van der Waals surface area contributed by atoms with Gasteiger partial charge in [0.25, 0.3) is 5.91 Å². The van der Waals surface area contributed by atoms with E-state index in [-0.39, 0.29) is 5.91 Å². The molecule has 0 spiro atoms. The van der Waals surface area contributed by atoms with Crippen LogP contribution in [0.1, 0.15) is 35.2 Å². The summed E-state index contributed by atoms with van der Waals surface area (Å²) in [6.45, 7) is 3.96. The molecule has 1 saturated heterocycles. The fourth-order valence-corrected chi connectivity index (χ4v) is 3.49. The number of nitrogens with one attached hydrogen (secondary N) is 3. The first-order valence-corrected chi connectivity index (χ1v) is 7.71. The summed E-state index contributed by atoms with van der Waals surface area (Å²) in [5.74, 6) is -0.0540. The van der Waals surface area contributed by atoms with Gasteiger partial charge in [0.1, 0.15) is 0 Å². The van der Waals surface area contributed by atoms with E-state index in [2.05, 4.69) is 21.1 Å². The number of anilines is 1. The van der Waals surface area contributed by atoms with Crippen molar-refractivity contribution in [3.63, 3.8) is 0 Å². The van der Waals surface area contributed by atoms with Gasteiger partial charge in [-0.2, -0.15) is 0 Å². The van der Waals surface area contributed by atoms with Crippen LogP contribution in [0.3, 0.4) is 0 Å². The number of amides is 1. The molecule has 5 heteroatoms. The maximum atomic E-state index is 12.2. The normalized spacial score (nSPS) is 21.2. The van der Waals surface area contributed by atoms with E-state index in [1.807, 2.05) is 18.2 Å². The van der Waals surface area contributed by atoms with Crippen LogP contribution >= 0.6 is 0 Å². The molecule has 110 valence electrons. The van der Waals surface area contributed by atoms with E-state index in [0.717, 1.165) is 48.7 Å². The molecule has 0 radical (unpaired) electrons. The first-order valence-electron chi connectivity index (χ1n) is 7.71. The smallest absolute Gasteiger partial charge is 0.270 e. The summed E-state index contributed by atoms with van der Waals surface area (Å²) in [4.78, 5) is 14.7. The third-order valence-electron chi connectivity index (χ3n) is 4.59. The fourth-order valence-electron chi connectivity index (χ4n) is 3.49. The van der Waals surface area contributed by atoms with Gasteiger partial charge in [0.2, 0.25) is 0 Å². The molecule has 0 atom stereocenters. The zero-order valence-corrected chi connectivity index (χ0v) is 12.0. The summed E-state index contributed by atoms with van der Waals surface area (Å²) in [7, 11) is 0. The second-order valence-corrected chi connectivity index (χ2v) is 5.95. The van der Waals surface area contributed by atoms with E-state index in [9.17, 15) is 4.79 Å². The molecule has 0 bridgehead atoms. The molecule has 4 rings (SSSR count). The van der Waals surface area contributed by atoms with Crippen molar-refractivity contribution in [1.82, 2.24) is 15.8 Å². The minimum absolute atomic E-state index is 0.0540. The SMILES string of the molecule is O=C1NNC(CN2CCCCC2)=C2CNc3cccc1c32. The molecule has 1 aromatic carbocycles. The lowest BCUT2D eigenvalue weighted by Crippen LogP contribution is -2.41. The van der Waals surface area contributed by atoms with Crippen molar-refractivity contribution in [3.05, 3.63) is 35.0 Å². The molecular weight excluding hydrogens is 264 g/mol. The van der Waals surface area contributed by atoms with E-state index in [4.69, 9.17) is 0 Å². The summed E-state index contributed by atoms with van der Waals surface area (Å²) in [5.41, 5.74) is 11.2. The third kappa shape index (κ3) is 2.17. The molecule has 3 N–H and O–H groups in total. The highest BCUT2D eigenvalue weighted by Gasteiger charge is 2.29. The minimum atomic E-state index is -0.0540. The fraction of sp³-hybridized carbons (Fsp3) is 0.438. The molecule has 3 aliphatic heterocycles. The highest BCUT2D eigenvalue weighted by atomic mass is 16.2. The molecule has 1 fully saturated rings. The lowest BCUT2D eigenvalue weighted by Gasteiger charge is -2.28. The summed E-state index contributed by atoms with van der Waals surface area (Å²) in [5, 5.41) is 3.40. The Morgan fingerprint density at radius 3 is 2.81 bits per heavy atom. The molecule has 1 aromatic rings. The summed E-state index contributed by atoms with van der Waals surface area (Å²) in [6, 6.07) is 5.87. The molecule has 3 heterocycles. The molecule has 21 heavy (non-hydrogen) atoms. The van der Waals surface area contributed by atoms with Crippen molar-refractivity contribution < 1.29 is 4.79 Å². The highest BCUT2D eigenvalue weighted by molar-refractivity contribution is 6.05.